The maximum absolute atomic E-state index is 11.6. The number of sulfone groups is 1. The number of carboxylic acid groups (broad SMARTS) is 1. The van der Waals surface area contributed by atoms with Gasteiger partial charge in [-0.1, -0.05) is 0 Å². The summed E-state index contributed by atoms with van der Waals surface area (Å²) in [5.74, 6) is -0.579. The van der Waals surface area contributed by atoms with Gasteiger partial charge in [0, 0.05) is 0 Å². The molecule has 6 nitrogen and oxygen atoms in total. The molecule has 0 amide bonds. The molecule has 1 unspecified atom stereocenters. The van der Waals surface area contributed by atoms with Crippen molar-refractivity contribution in [3.63, 3.8) is 0 Å². The lowest BCUT2D eigenvalue weighted by molar-refractivity contribution is -0.136. The second-order valence-electron chi connectivity index (χ2n) is 3.73. The van der Waals surface area contributed by atoms with E-state index in [0.717, 1.165) is 0 Å². The second-order valence-corrected chi connectivity index (χ2v) is 6.04. The zero-order valence-corrected chi connectivity index (χ0v) is 9.24. The fourth-order valence-corrected chi connectivity index (χ4v) is 3.57. The Bertz CT molecular complexity index is 504. The van der Waals surface area contributed by atoms with Gasteiger partial charge >= 0.3 is 5.97 Å². The molecule has 0 aromatic carbocycles. The van der Waals surface area contributed by atoms with Crippen molar-refractivity contribution in [1.29, 1.82) is 0 Å². The van der Waals surface area contributed by atoms with Crippen LogP contribution in [0, 0.1) is 0 Å². The molecule has 0 aliphatic carbocycles. The van der Waals surface area contributed by atoms with Gasteiger partial charge in [-0.2, -0.15) is 0 Å². The van der Waals surface area contributed by atoms with E-state index in [0.29, 0.717) is 12.8 Å². The van der Waals surface area contributed by atoms with E-state index in [4.69, 9.17) is 9.52 Å². The minimum Gasteiger partial charge on any atom is -0.481 e. The average molecular weight is 245 g/mol. The van der Waals surface area contributed by atoms with Crippen LogP contribution in [-0.4, -0.2) is 30.2 Å². The van der Waals surface area contributed by atoms with Gasteiger partial charge in [0.1, 0.15) is 17.4 Å². The third kappa shape index (κ3) is 2.08. The van der Waals surface area contributed by atoms with E-state index in [1.807, 2.05) is 0 Å². The van der Waals surface area contributed by atoms with Crippen LogP contribution in [0.1, 0.15) is 29.7 Å². The molecule has 0 radical (unpaired) electrons. The van der Waals surface area contributed by atoms with Crippen molar-refractivity contribution in [2.75, 3.05) is 5.75 Å². The Morgan fingerprint density at radius 3 is 2.94 bits per heavy atom. The molecular weight excluding hydrogens is 234 g/mol. The highest BCUT2D eigenvalue weighted by molar-refractivity contribution is 7.91. The Morgan fingerprint density at radius 1 is 1.62 bits per heavy atom. The van der Waals surface area contributed by atoms with E-state index >= 15 is 0 Å². The van der Waals surface area contributed by atoms with Crippen molar-refractivity contribution < 1.29 is 22.7 Å². The maximum Gasteiger partial charge on any atom is 0.311 e. The van der Waals surface area contributed by atoms with Crippen LogP contribution in [0.3, 0.4) is 0 Å². The maximum atomic E-state index is 11.6. The van der Waals surface area contributed by atoms with E-state index in [1.165, 1.54) is 6.20 Å². The summed E-state index contributed by atoms with van der Waals surface area (Å²) in [7, 11) is -3.16. The van der Waals surface area contributed by atoms with Gasteiger partial charge < -0.3 is 9.52 Å². The molecule has 1 fully saturated rings. The number of carbonyl (C=O) groups is 1. The standard InChI is InChI=1S/C9H11NO5S/c11-8(12)4-6-5-10-9(15-6)7-2-1-3-16(7,13)14/h5,7H,1-4H2,(H,11,12). The summed E-state index contributed by atoms with van der Waals surface area (Å²) in [4.78, 5) is 14.3. The first-order chi connectivity index (χ1) is 7.49. The van der Waals surface area contributed by atoms with Crippen LogP contribution in [0.2, 0.25) is 0 Å². The van der Waals surface area contributed by atoms with Crippen LogP contribution >= 0.6 is 0 Å². The van der Waals surface area contributed by atoms with Gasteiger partial charge in [0.25, 0.3) is 0 Å². The van der Waals surface area contributed by atoms with Gasteiger partial charge in [0.15, 0.2) is 9.84 Å². The summed E-state index contributed by atoms with van der Waals surface area (Å²) in [6.45, 7) is 0. The highest BCUT2D eigenvalue weighted by atomic mass is 32.2. The first-order valence-corrected chi connectivity index (χ1v) is 6.58. The topological polar surface area (TPSA) is 97.5 Å². The van der Waals surface area contributed by atoms with E-state index in [9.17, 15) is 13.2 Å². The smallest absolute Gasteiger partial charge is 0.311 e. The second kappa shape index (κ2) is 3.89. The van der Waals surface area contributed by atoms with Crippen LogP contribution < -0.4 is 0 Å². The van der Waals surface area contributed by atoms with E-state index in [1.54, 1.807) is 0 Å². The lowest BCUT2D eigenvalue weighted by Gasteiger charge is -2.02. The fraction of sp³-hybridized carbons (Fsp3) is 0.556. The SMILES string of the molecule is O=C(O)Cc1cnc(C2CCCS2(=O)=O)o1. The molecule has 1 aromatic rings. The summed E-state index contributed by atoms with van der Waals surface area (Å²) in [6.07, 6.45) is 2.09. The fourth-order valence-electron chi connectivity index (χ4n) is 1.77. The number of aliphatic carboxylic acids is 1. The number of hydrogen-bond acceptors (Lipinski definition) is 5. The number of oxazole rings is 1. The Morgan fingerprint density at radius 2 is 2.38 bits per heavy atom. The first-order valence-electron chi connectivity index (χ1n) is 4.87. The molecule has 1 atom stereocenters. The molecule has 0 bridgehead atoms. The Hall–Kier alpha value is -1.37. The van der Waals surface area contributed by atoms with Crippen molar-refractivity contribution in [3.05, 3.63) is 17.8 Å². The third-order valence-electron chi connectivity index (χ3n) is 2.50. The van der Waals surface area contributed by atoms with Crippen LogP contribution in [0.15, 0.2) is 10.6 Å². The minimum absolute atomic E-state index is 0.119. The predicted molar refractivity (Wildman–Crippen MR) is 53.6 cm³/mol. The molecule has 0 spiro atoms. The quantitative estimate of drug-likeness (QED) is 0.835. The van der Waals surface area contributed by atoms with Crippen LogP contribution in [0.5, 0.6) is 0 Å². The van der Waals surface area contributed by atoms with Gasteiger partial charge in [-0.05, 0) is 12.8 Å². The van der Waals surface area contributed by atoms with Crippen LogP contribution in [0.25, 0.3) is 0 Å². The summed E-state index contributed by atoms with van der Waals surface area (Å²) < 4.78 is 28.3. The molecule has 2 heterocycles. The van der Waals surface area contributed by atoms with E-state index < -0.39 is 21.1 Å². The lowest BCUT2D eigenvalue weighted by atomic mass is 10.2. The highest BCUT2D eigenvalue weighted by Crippen LogP contribution is 2.33. The predicted octanol–water partition coefficient (Wildman–Crippen LogP) is 0.551. The lowest BCUT2D eigenvalue weighted by Crippen LogP contribution is -2.08. The Balaban J connectivity index is 2.22. The van der Waals surface area contributed by atoms with E-state index in [2.05, 4.69) is 4.98 Å². The molecule has 1 aliphatic heterocycles. The minimum atomic E-state index is -3.16. The number of rotatable bonds is 3. The van der Waals surface area contributed by atoms with Gasteiger partial charge in [-0.3, -0.25) is 4.79 Å². The van der Waals surface area contributed by atoms with Crippen molar-refractivity contribution in [1.82, 2.24) is 4.98 Å². The van der Waals surface area contributed by atoms with Gasteiger partial charge in [0.05, 0.1) is 11.9 Å². The monoisotopic (exact) mass is 245 g/mol. The summed E-state index contributed by atoms with van der Waals surface area (Å²) >= 11 is 0. The van der Waals surface area contributed by atoms with Crippen LogP contribution in [0.4, 0.5) is 0 Å². The summed E-state index contributed by atoms with van der Waals surface area (Å²) in [5, 5.41) is 7.84. The zero-order chi connectivity index (χ0) is 11.8. The highest BCUT2D eigenvalue weighted by Gasteiger charge is 2.36. The van der Waals surface area contributed by atoms with Gasteiger partial charge in [-0.15, -0.1) is 0 Å². The van der Waals surface area contributed by atoms with E-state index in [-0.39, 0.29) is 23.8 Å². The molecule has 1 saturated heterocycles. The van der Waals surface area contributed by atoms with Gasteiger partial charge in [-0.25, -0.2) is 13.4 Å². The molecule has 2 rings (SSSR count). The van der Waals surface area contributed by atoms with Crippen molar-refractivity contribution >= 4 is 15.8 Å². The molecule has 1 aliphatic rings. The average Bonchev–Trinajstić information content (AvgIpc) is 2.70. The molecule has 1 aromatic heterocycles. The first kappa shape index (κ1) is 11.1. The zero-order valence-electron chi connectivity index (χ0n) is 8.42. The largest absolute Gasteiger partial charge is 0.481 e. The molecule has 88 valence electrons. The third-order valence-corrected chi connectivity index (χ3v) is 4.66. The Labute approximate surface area is 92.2 Å². The van der Waals surface area contributed by atoms with Crippen molar-refractivity contribution in [2.24, 2.45) is 0 Å². The molecule has 7 heteroatoms. The Kier molecular flexibility index (Phi) is 2.71. The van der Waals surface area contributed by atoms with Gasteiger partial charge in [0.2, 0.25) is 5.89 Å². The molecule has 1 N–H and O–H groups in total. The van der Waals surface area contributed by atoms with Crippen molar-refractivity contribution in [2.45, 2.75) is 24.5 Å². The molecule has 0 saturated carbocycles. The number of aromatic nitrogens is 1. The molecule has 16 heavy (non-hydrogen) atoms. The normalized spacial score (nSPS) is 23.4. The van der Waals surface area contributed by atoms with Crippen LogP contribution in [-0.2, 0) is 21.1 Å². The summed E-state index contributed by atoms with van der Waals surface area (Å²) in [6, 6.07) is 0. The van der Waals surface area contributed by atoms with Crippen molar-refractivity contribution in [3.8, 4) is 0 Å². The number of hydrogen-bond donors (Lipinski definition) is 1. The summed E-state index contributed by atoms with van der Waals surface area (Å²) in [5.41, 5.74) is 0. The number of nitrogens with zero attached hydrogens (tertiary/aromatic N) is 1. The number of carboxylic acids is 1. The molecular formula is C9H11NO5S.